The van der Waals surface area contributed by atoms with Crippen molar-refractivity contribution in [1.82, 2.24) is 14.7 Å². The molecule has 0 bridgehead atoms. The molecule has 2 rings (SSSR count). The lowest BCUT2D eigenvalue weighted by Gasteiger charge is -2.15. The van der Waals surface area contributed by atoms with Crippen molar-refractivity contribution >= 4 is 23.6 Å². The van der Waals surface area contributed by atoms with E-state index in [1.54, 1.807) is 24.9 Å². The Labute approximate surface area is 159 Å². The first-order chi connectivity index (χ1) is 12.3. The number of aromatic nitrogens is 2. The van der Waals surface area contributed by atoms with E-state index in [9.17, 15) is 4.79 Å². The molecule has 0 aliphatic rings. The molecule has 1 aromatic heterocycles. The SMILES string of the molecule is Cc1nn(Cc2ccccc2Cl)c(C)c1/C=C\C(=O)N(C)C[C@@H](C)C#N. The quantitative estimate of drug-likeness (QED) is 0.726. The first-order valence-electron chi connectivity index (χ1n) is 8.43. The zero-order valence-electron chi connectivity index (χ0n) is 15.5. The number of carbonyl (C=O) groups excluding carboxylic acids is 1. The predicted molar refractivity (Wildman–Crippen MR) is 104 cm³/mol. The van der Waals surface area contributed by atoms with E-state index in [1.165, 1.54) is 6.08 Å². The summed E-state index contributed by atoms with van der Waals surface area (Å²) in [6, 6.07) is 9.82. The van der Waals surface area contributed by atoms with Crippen molar-refractivity contribution in [2.75, 3.05) is 13.6 Å². The van der Waals surface area contributed by atoms with Crippen LogP contribution in [0.1, 0.15) is 29.4 Å². The van der Waals surface area contributed by atoms with E-state index < -0.39 is 0 Å². The van der Waals surface area contributed by atoms with Crippen LogP contribution in [0.15, 0.2) is 30.3 Å². The molecular weight excluding hydrogens is 348 g/mol. The van der Waals surface area contributed by atoms with Crippen molar-refractivity contribution in [3.05, 3.63) is 57.9 Å². The summed E-state index contributed by atoms with van der Waals surface area (Å²) in [4.78, 5) is 13.8. The van der Waals surface area contributed by atoms with Gasteiger partial charge in [0, 0.05) is 35.9 Å². The fourth-order valence-corrected chi connectivity index (χ4v) is 2.91. The second-order valence-corrected chi connectivity index (χ2v) is 6.82. The minimum absolute atomic E-state index is 0.134. The second-order valence-electron chi connectivity index (χ2n) is 6.42. The summed E-state index contributed by atoms with van der Waals surface area (Å²) in [6.07, 6.45) is 3.32. The average molecular weight is 371 g/mol. The predicted octanol–water partition coefficient (Wildman–Crippen LogP) is 3.83. The van der Waals surface area contributed by atoms with Crippen LogP contribution >= 0.6 is 11.6 Å². The molecule has 0 saturated heterocycles. The van der Waals surface area contributed by atoms with Crippen LogP contribution in [-0.2, 0) is 11.3 Å². The maximum absolute atomic E-state index is 12.2. The number of benzene rings is 1. The van der Waals surface area contributed by atoms with Gasteiger partial charge in [0.15, 0.2) is 0 Å². The van der Waals surface area contributed by atoms with Crippen LogP contribution in [0.4, 0.5) is 0 Å². The number of hydrogen-bond acceptors (Lipinski definition) is 3. The monoisotopic (exact) mass is 370 g/mol. The van der Waals surface area contributed by atoms with Gasteiger partial charge in [0.05, 0.1) is 24.2 Å². The molecule has 0 aliphatic heterocycles. The zero-order chi connectivity index (χ0) is 19.3. The topological polar surface area (TPSA) is 61.9 Å². The molecule has 1 aromatic carbocycles. The van der Waals surface area contributed by atoms with E-state index in [0.29, 0.717) is 18.1 Å². The van der Waals surface area contributed by atoms with E-state index in [4.69, 9.17) is 16.9 Å². The number of amides is 1. The Hall–Kier alpha value is -2.58. The van der Waals surface area contributed by atoms with Crippen molar-refractivity contribution in [2.24, 2.45) is 5.92 Å². The number of halogens is 1. The van der Waals surface area contributed by atoms with Crippen LogP contribution in [0, 0.1) is 31.1 Å². The zero-order valence-corrected chi connectivity index (χ0v) is 16.3. The van der Waals surface area contributed by atoms with Crippen LogP contribution in [0.2, 0.25) is 5.02 Å². The van der Waals surface area contributed by atoms with Gasteiger partial charge in [-0.3, -0.25) is 9.48 Å². The molecule has 5 nitrogen and oxygen atoms in total. The molecule has 26 heavy (non-hydrogen) atoms. The van der Waals surface area contributed by atoms with E-state index >= 15 is 0 Å². The first-order valence-corrected chi connectivity index (χ1v) is 8.81. The molecule has 1 heterocycles. The van der Waals surface area contributed by atoms with Gasteiger partial charge in [-0.05, 0) is 38.5 Å². The number of carbonyl (C=O) groups is 1. The highest BCUT2D eigenvalue weighted by molar-refractivity contribution is 6.31. The van der Waals surface area contributed by atoms with Gasteiger partial charge in [0.2, 0.25) is 5.91 Å². The lowest BCUT2D eigenvalue weighted by atomic mass is 10.1. The van der Waals surface area contributed by atoms with Gasteiger partial charge in [-0.2, -0.15) is 10.4 Å². The minimum atomic E-state index is -0.195. The largest absolute Gasteiger partial charge is 0.341 e. The molecule has 1 atom stereocenters. The average Bonchev–Trinajstić information content (AvgIpc) is 2.88. The van der Waals surface area contributed by atoms with Gasteiger partial charge in [0.25, 0.3) is 0 Å². The molecule has 0 spiro atoms. The summed E-state index contributed by atoms with van der Waals surface area (Å²) in [6.45, 7) is 6.67. The smallest absolute Gasteiger partial charge is 0.246 e. The summed E-state index contributed by atoms with van der Waals surface area (Å²) in [5.41, 5.74) is 3.75. The summed E-state index contributed by atoms with van der Waals surface area (Å²) in [7, 11) is 1.70. The van der Waals surface area contributed by atoms with E-state index in [-0.39, 0.29) is 11.8 Å². The number of likely N-dealkylation sites (N-methyl/N-ethyl adjacent to an activating group) is 1. The van der Waals surface area contributed by atoms with Gasteiger partial charge < -0.3 is 4.90 Å². The third-order valence-corrected chi connectivity index (χ3v) is 4.62. The second kappa shape index (κ2) is 8.68. The molecule has 0 radical (unpaired) electrons. The maximum Gasteiger partial charge on any atom is 0.246 e. The van der Waals surface area contributed by atoms with Gasteiger partial charge >= 0.3 is 0 Å². The maximum atomic E-state index is 12.2. The van der Waals surface area contributed by atoms with Crippen LogP contribution in [0.25, 0.3) is 6.08 Å². The molecular formula is C20H23ClN4O. The van der Waals surface area contributed by atoms with Gasteiger partial charge in [-0.15, -0.1) is 0 Å². The molecule has 0 aliphatic carbocycles. The normalized spacial score (nSPS) is 12.2. The lowest BCUT2D eigenvalue weighted by molar-refractivity contribution is -0.125. The molecule has 0 saturated carbocycles. The highest BCUT2D eigenvalue weighted by Crippen LogP contribution is 2.20. The number of hydrogen-bond donors (Lipinski definition) is 0. The first kappa shape index (κ1) is 19.7. The number of nitriles is 1. The molecule has 0 unspecified atom stereocenters. The molecule has 0 N–H and O–H groups in total. The lowest BCUT2D eigenvalue weighted by Crippen LogP contribution is -2.29. The summed E-state index contributed by atoms with van der Waals surface area (Å²) in [5, 5.41) is 14.1. The van der Waals surface area contributed by atoms with Crippen molar-refractivity contribution < 1.29 is 4.79 Å². The molecule has 6 heteroatoms. The standard InChI is InChI=1S/C20H23ClN4O/c1-14(11-22)12-24(4)20(26)10-9-18-15(2)23-25(16(18)3)13-17-7-5-6-8-19(17)21/h5-10,14H,12-13H2,1-4H3/b10-9-/t14-/m0/s1. The number of rotatable bonds is 6. The highest BCUT2D eigenvalue weighted by Gasteiger charge is 2.13. The van der Waals surface area contributed by atoms with Crippen LogP contribution < -0.4 is 0 Å². The summed E-state index contributed by atoms with van der Waals surface area (Å²) >= 11 is 6.24. The van der Waals surface area contributed by atoms with E-state index in [2.05, 4.69) is 11.2 Å². The fourth-order valence-electron chi connectivity index (χ4n) is 2.72. The van der Waals surface area contributed by atoms with E-state index in [0.717, 1.165) is 22.5 Å². The Morgan fingerprint density at radius 3 is 2.77 bits per heavy atom. The van der Waals surface area contributed by atoms with Crippen molar-refractivity contribution in [3.63, 3.8) is 0 Å². The molecule has 2 aromatic rings. The van der Waals surface area contributed by atoms with Crippen molar-refractivity contribution in [2.45, 2.75) is 27.3 Å². The van der Waals surface area contributed by atoms with Crippen LogP contribution in [-0.4, -0.2) is 34.2 Å². The summed E-state index contributed by atoms with van der Waals surface area (Å²) in [5.74, 6) is -0.330. The van der Waals surface area contributed by atoms with E-state index in [1.807, 2.05) is 42.8 Å². The van der Waals surface area contributed by atoms with Gasteiger partial charge in [0.1, 0.15) is 0 Å². The van der Waals surface area contributed by atoms with Gasteiger partial charge in [-0.25, -0.2) is 0 Å². The highest BCUT2D eigenvalue weighted by atomic mass is 35.5. The Balaban J connectivity index is 2.16. The number of nitrogens with zero attached hydrogens (tertiary/aromatic N) is 4. The Morgan fingerprint density at radius 1 is 1.42 bits per heavy atom. The Kier molecular flexibility index (Phi) is 6.59. The van der Waals surface area contributed by atoms with Crippen LogP contribution in [0.3, 0.4) is 0 Å². The molecule has 0 fully saturated rings. The minimum Gasteiger partial charge on any atom is -0.341 e. The third kappa shape index (κ3) is 4.74. The Morgan fingerprint density at radius 2 is 2.12 bits per heavy atom. The molecule has 1 amide bonds. The van der Waals surface area contributed by atoms with Gasteiger partial charge in [-0.1, -0.05) is 29.8 Å². The van der Waals surface area contributed by atoms with Crippen molar-refractivity contribution in [1.29, 1.82) is 5.26 Å². The number of aryl methyl sites for hydroxylation is 1. The summed E-state index contributed by atoms with van der Waals surface area (Å²) < 4.78 is 1.89. The Bertz CT molecular complexity index is 863. The van der Waals surface area contributed by atoms with Crippen LogP contribution in [0.5, 0.6) is 0 Å². The molecule has 136 valence electrons. The fraction of sp³-hybridized carbons (Fsp3) is 0.350. The van der Waals surface area contributed by atoms with Crippen molar-refractivity contribution in [3.8, 4) is 6.07 Å². The third-order valence-electron chi connectivity index (χ3n) is 4.25.